The number of hydrogen-bond acceptors (Lipinski definition) is 5. The molecule has 3 rings (SSSR count). The summed E-state index contributed by atoms with van der Waals surface area (Å²) in [6, 6.07) is 2.08. The van der Waals surface area contributed by atoms with Gasteiger partial charge in [0, 0.05) is 24.0 Å². The Morgan fingerprint density at radius 1 is 0.915 bits per heavy atom. The molecule has 20 heteroatoms. The lowest BCUT2D eigenvalue weighted by molar-refractivity contribution is -0.276. The first-order valence-electron chi connectivity index (χ1n) is 12.9. The summed E-state index contributed by atoms with van der Waals surface area (Å²) in [5.41, 5.74) is -10.6. The van der Waals surface area contributed by atoms with Crippen LogP contribution < -0.4 is 10.4 Å². The summed E-state index contributed by atoms with van der Waals surface area (Å²) in [4.78, 5) is 29.8. The summed E-state index contributed by atoms with van der Waals surface area (Å²) in [6.07, 6.45) is -27.1. The zero-order valence-electron chi connectivity index (χ0n) is 24.0. The Morgan fingerprint density at radius 3 is 1.94 bits per heavy atom. The number of alkyl halides is 12. The molecule has 0 saturated carbocycles. The predicted molar refractivity (Wildman–Crippen MR) is 140 cm³/mol. The number of rotatable bonds is 5. The van der Waals surface area contributed by atoms with E-state index in [2.05, 4.69) is 9.99 Å². The third-order valence-corrected chi connectivity index (χ3v) is 6.53. The van der Waals surface area contributed by atoms with Crippen LogP contribution in [-0.4, -0.2) is 35.7 Å². The van der Waals surface area contributed by atoms with Gasteiger partial charge in [0.2, 0.25) is 5.91 Å². The van der Waals surface area contributed by atoms with Crippen molar-refractivity contribution < 1.29 is 71.8 Å². The largest absolute Gasteiger partial charge is 0.442 e. The molecule has 2 amide bonds. The Hall–Kier alpha value is -3.90. The maximum Gasteiger partial charge on any atom is 0.435 e. The summed E-state index contributed by atoms with van der Waals surface area (Å²) in [5.74, 6) is -1.36. The number of ether oxygens (including phenoxy) is 1. The fraction of sp³-hybridized carbons (Fsp3) is 0.444. The highest BCUT2D eigenvalue weighted by molar-refractivity contribution is 6.34. The Kier molecular flexibility index (Phi) is 10.1. The molecule has 0 radical (unpaired) electrons. The van der Waals surface area contributed by atoms with Gasteiger partial charge in [0.25, 0.3) is 5.60 Å². The van der Waals surface area contributed by atoms with E-state index in [1.165, 1.54) is 20.8 Å². The number of nitrogens with one attached hydrogen (secondary N) is 1. The molecule has 0 aromatic heterocycles. The van der Waals surface area contributed by atoms with Crippen molar-refractivity contribution in [2.45, 2.75) is 75.9 Å². The summed E-state index contributed by atoms with van der Waals surface area (Å²) in [5, 5.41) is 3.14. The molecule has 1 heterocycles. The zero-order valence-corrected chi connectivity index (χ0v) is 24.8. The van der Waals surface area contributed by atoms with Gasteiger partial charge < -0.3 is 9.57 Å². The van der Waals surface area contributed by atoms with Gasteiger partial charge in [-0.2, -0.15) is 57.7 Å². The fourth-order valence-electron chi connectivity index (χ4n) is 4.06. The SMILES string of the molecule is CC(C)(C)OC(=O)N(NC(=O)CCC(F)(F)F)c1cc(C2=NOC(c3cc(C(F)(F)F)cc(C(F)(F)F)c3)(C(F)(F)F)C2)ccc1Cl. The van der Waals surface area contributed by atoms with Crippen LogP contribution >= 0.6 is 11.6 Å². The average molecular weight is 716 g/mol. The number of nitrogens with zero attached hydrogens (tertiary/aromatic N) is 2. The molecular weight excluding hydrogens is 694 g/mol. The van der Waals surface area contributed by atoms with Crippen LogP contribution in [0.5, 0.6) is 0 Å². The molecule has 260 valence electrons. The number of carbonyl (C=O) groups is 2. The Bertz CT molecular complexity index is 1510. The van der Waals surface area contributed by atoms with Crippen LogP contribution in [0.15, 0.2) is 41.6 Å². The normalized spacial score (nSPS) is 17.6. The van der Waals surface area contributed by atoms with Gasteiger partial charge >= 0.3 is 30.8 Å². The monoisotopic (exact) mass is 715 g/mol. The van der Waals surface area contributed by atoms with Crippen LogP contribution in [0.25, 0.3) is 0 Å². The van der Waals surface area contributed by atoms with Crippen LogP contribution in [0.2, 0.25) is 5.02 Å². The zero-order chi connectivity index (χ0) is 36.0. The van der Waals surface area contributed by atoms with E-state index in [1.807, 2.05) is 5.43 Å². The standard InChI is InChI=1S/C27H22ClF12N3O4/c1-22(2,3)46-21(45)43(41-20(44)6-7-24(29,30)31)19-8-13(4-5-17(19)28)18-12-23(47-42-18,27(38,39)40)14-9-15(25(32,33)34)11-16(10-14)26(35,36)37/h4-5,8-11H,6-7,12H2,1-3H3,(H,41,44). The second-order valence-corrected chi connectivity index (χ2v) is 11.5. The second-order valence-electron chi connectivity index (χ2n) is 11.1. The van der Waals surface area contributed by atoms with Gasteiger partial charge in [-0.1, -0.05) is 22.8 Å². The molecule has 1 aliphatic rings. The Labute approximate surface area is 262 Å². The quantitative estimate of drug-likeness (QED) is 0.248. The van der Waals surface area contributed by atoms with Crippen LogP contribution in [-0.2, 0) is 32.3 Å². The first-order chi connectivity index (χ1) is 21.1. The first-order valence-corrected chi connectivity index (χ1v) is 13.3. The first kappa shape index (κ1) is 37.6. The second kappa shape index (κ2) is 12.6. The molecule has 0 bridgehead atoms. The Balaban J connectivity index is 2.10. The van der Waals surface area contributed by atoms with E-state index in [0.29, 0.717) is 0 Å². The smallest absolute Gasteiger partial charge is 0.435 e. The number of carbonyl (C=O) groups excluding carboxylic acids is 2. The van der Waals surface area contributed by atoms with Crippen molar-refractivity contribution in [3.05, 3.63) is 63.7 Å². The number of halogens is 13. The number of hydrazine groups is 1. The van der Waals surface area contributed by atoms with Gasteiger partial charge in [0.1, 0.15) is 5.60 Å². The van der Waals surface area contributed by atoms with Crippen molar-refractivity contribution in [1.82, 2.24) is 5.43 Å². The van der Waals surface area contributed by atoms with Crippen molar-refractivity contribution in [1.29, 1.82) is 0 Å². The lowest BCUT2D eigenvalue weighted by atomic mass is 9.84. The predicted octanol–water partition coefficient (Wildman–Crippen LogP) is 9.07. The minimum absolute atomic E-state index is 0.158. The van der Waals surface area contributed by atoms with Crippen molar-refractivity contribution in [3.63, 3.8) is 0 Å². The number of benzene rings is 2. The Morgan fingerprint density at radius 2 is 1.47 bits per heavy atom. The third kappa shape index (κ3) is 9.13. The number of anilines is 1. The molecule has 0 saturated heterocycles. The lowest BCUT2D eigenvalue weighted by Gasteiger charge is -2.30. The summed E-state index contributed by atoms with van der Waals surface area (Å²) in [7, 11) is 0. The number of hydrogen-bond donors (Lipinski definition) is 1. The fourth-order valence-corrected chi connectivity index (χ4v) is 4.26. The lowest BCUT2D eigenvalue weighted by Crippen LogP contribution is -2.49. The van der Waals surface area contributed by atoms with Crippen LogP contribution in [0, 0.1) is 0 Å². The molecule has 1 aliphatic heterocycles. The van der Waals surface area contributed by atoms with Crippen LogP contribution in [0.3, 0.4) is 0 Å². The van der Waals surface area contributed by atoms with Crippen LogP contribution in [0.1, 0.15) is 62.3 Å². The topological polar surface area (TPSA) is 80.2 Å². The summed E-state index contributed by atoms with van der Waals surface area (Å²) < 4.78 is 167. The van der Waals surface area contributed by atoms with E-state index in [-0.39, 0.29) is 23.2 Å². The summed E-state index contributed by atoms with van der Waals surface area (Å²) >= 11 is 6.15. The van der Waals surface area contributed by atoms with Crippen molar-refractivity contribution in [3.8, 4) is 0 Å². The molecule has 1 N–H and O–H groups in total. The molecular formula is C27H22ClF12N3O4. The van der Waals surface area contributed by atoms with Gasteiger partial charge in [0.05, 0.1) is 34.0 Å². The van der Waals surface area contributed by atoms with E-state index in [9.17, 15) is 62.3 Å². The van der Waals surface area contributed by atoms with E-state index in [0.717, 1.165) is 18.2 Å². The highest BCUT2D eigenvalue weighted by Gasteiger charge is 2.63. The van der Waals surface area contributed by atoms with E-state index in [1.54, 1.807) is 0 Å². The number of amides is 2. The molecule has 2 aromatic rings. The molecule has 1 unspecified atom stereocenters. The minimum atomic E-state index is -5.66. The van der Waals surface area contributed by atoms with Crippen molar-refractivity contribution in [2.75, 3.05) is 5.01 Å². The van der Waals surface area contributed by atoms with E-state index >= 15 is 0 Å². The number of oxime groups is 1. The minimum Gasteiger partial charge on any atom is -0.442 e. The molecule has 47 heavy (non-hydrogen) atoms. The van der Waals surface area contributed by atoms with E-state index < -0.39 is 106 Å². The maximum absolute atomic E-state index is 14.5. The molecule has 0 fully saturated rings. The van der Waals surface area contributed by atoms with Crippen LogP contribution in [0.4, 0.5) is 63.2 Å². The highest BCUT2D eigenvalue weighted by atomic mass is 35.5. The van der Waals surface area contributed by atoms with Gasteiger partial charge in [-0.05, 0) is 51.1 Å². The van der Waals surface area contributed by atoms with Gasteiger partial charge in [-0.3, -0.25) is 10.2 Å². The average Bonchev–Trinajstić information content (AvgIpc) is 3.36. The third-order valence-electron chi connectivity index (χ3n) is 6.21. The van der Waals surface area contributed by atoms with Gasteiger partial charge in [0.15, 0.2) is 0 Å². The highest BCUT2D eigenvalue weighted by Crippen LogP contribution is 2.51. The molecule has 7 nitrogen and oxygen atoms in total. The molecule has 0 spiro atoms. The van der Waals surface area contributed by atoms with Gasteiger partial charge in [-0.25, -0.2) is 4.79 Å². The molecule has 2 aromatic carbocycles. The molecule has 0 aliphatic carbocycles. The van der Waals surface area contributed by atoms with Crippen molar-refractivity contribution >= 4 is 35.0 Å². The van der Waals surface area contributed by atoms with Crippen molar-refractivity contribution in [2.24, 2.45) is 5.16 Å². The van der Waals surface area contributed by atoms with Gasteiger partial charge in [-0.15, -0.1) is 0 Å². The maximum atomic E-state index is 14.5. The van der Waals surface area contributed by atoms with E-state index in [4.69, 9.17) is 16.3 Å². The summed E-state index contributed by atoms with van der Waals surface area (Å²) in [6.45, 7) is 4.14. The molecule has 1 atom stereocenters.